The Hall–Kier alpha value is -3.00. The van der Waals surface area contributed by atoms with Gasteiger partial charge >= 0.3 is 0 Å². The van der Waals surface area contributed by atoms with Crippen molar-refractivity contribution in [1.82, 2.24) is 4.57 Å². The molecule has 9 heteroatoms. The predicted molar refractivity (Wildman–Crippen MR) is 125 cm³/mol. The summed E-state index contributed by atoms with van der Waals surface area (Å²) >= 11 is 12.2. The number of sulfonamides is 1. The van der Waals surface area contributed by atoms with E-state index in [4.69, 9.17) is 23.2 Å². The average molecular weight is 474 g/mol. The summed E-state index contributed by atoms with van der Waals surface area (Å²) in [6.07, 6.45) is 1.73. The largest absolute Gasteiger partial charge is 0.350 e. The van der Waals surface area contributed by atoms with Crippen molar-refractivity contribution in [1.29, 1.82) is 0 Å². The van der Waals surface area contributed by atoms with E-state index in [1.165, 1.54) is 12.1 Å². The van der Waals surface area contributed by atoms with Crippen LogP contribution >= 0.6 is 23.2 Å². The first-order valence-corrected chi connectivity index (χ1v) is 11.4. The van der Waals surface area contributed by atoms with Crippen LogP contribution in [0.2, 0.25) is 10.0 Å². The predicted octanol–water partition coefficient (Wildman–Crippen LogP) is 5.54. The number of para-hydroxylation sites is 2. The van der Waals surface area contributed by atoms with Crippen LogP contribution in [0.5, 0.6) is 0 Å². The van der Waals surface area contributed by atoms with Crippen molar-refractivity contribution in [3.8, 4) is 0 Å². The van der Waals surface area contributed by atoms with Gasteiger partial charge in [-0.1, -0.05) is 53.5 Å². The minimum absolute atomic E-state index is 0.0164. The molecule has 0 atom stereocenters. The van der Waals surface area contributed by atoms with E-state index >= 15 is 0 Å². The lowest BCUT2D eigenvalue weighted by Crippen LogP contribution is -2.15. The molecule has 0 unspecified atom stereocenters. The fourth-order valence-electron chi connectivity index (χ4n) is 3.25. The van der Waals surface area contributed by atoms with Crippen molar-refractivity contribution < 1.29 is 13.2 Å². The van der Waals surface area contributed by atoms with Crippen LogP contribution in [0.1, 0.15) is 10.4 Å². The molecule has 6 nitrogen and oxygen atoms in total. The zero-order valence-electron chi connectivity index (χ0n) is 16.3. The number of hydrogen-bond donors (Lipinski definition) is 2. The summed E-state index contributed by atoms with van der Waals surface area (Å²) in [6, 6.07) is 18.3. The lowest BCUT2D eigenvalue weighted by atomic mass is 10.1. The third-order valence-corrected chi connectivity index (χ3v) is 6.92. The van der Waals surface area contributed by atoms with Crippen LogP contribution in [0, 0.1) is 0 Å². The van der Waals surface area contributed by atoms with Gasteiger partial charge in [-0.25, -0.2) is 8.42 Å². The van der Waals surface area contributed by atoms with Gasteiger partial charge in [0.15, 0.2) is 0 Å². The fourth-order valence-corrected chi connectivity index (χ4v) is 5.10. The highest BCUT2D eigenvalue weighted by Crippen LogP contribution is 2.30. The normalized spacial score (nSPS) is 11.5. The summed E-state index contributed by atoms with van der Waals surface area (Å²) in [5, 5.41) is 3.81. The van der Waals surface area contributed by atoms with Crippen LogP contribution in [0.15, 0.2) is 77.8 Å². The summed E-state index contributed by atoms with van der Waals surface area (Å²) in [5.41, 5.74) is 1.91. The highest BCUT2D eigenvalue weighted by atomic mass is 35.5. The topological polar surface area (TPSA) is 80.2 Å². The van der Waals surface area contributed by atoms with Gasteiger partial charge in [0.05, 0.1) is 21.3 Å². The van der Waals surface area contributed by atoms with E-state index in [0.29, 0.717) is 11.3 Å². The van der Waals surface area contributed by atoms with Crippen LogP contribution < -0.4 is 10.0 Å². The number of benzene rings is 3. The van der Waals surface area contributed by atoms with Crippen LogP contribution in [-0.4, -0.2) is 18.9 Å². The molecule has 3 aromatic carbocycles. The Labute approximate surface area is 189 Å². The molecule has 0 radical (unpaired) electrons. The van der Waals surface area contributed by atoms with Gasteiger partial charge in [-0.3, -0.25) is 9.52 Å². The smallest absolute Gasteiger partial charge is 0.263 e. The molecule has 0 aliphatic carbocycles. The number of nitrogens with one attached hydrogen (secondary N) is 2. The highest BCUT2D eigenvalue weighted by molar-refractivity contribution is 7.92. The molecule has 1 amide bonds. The molecule has 0 saturated carbocycles. The van der Waals surface area contributed by atoms with Gasteiger partial charge in [0, 0.05) is 29.8 Å². The molecule has 2 N–H and O–H groups in total. The molecule has 0 aliphatic heterocycles. The molecule has 4 rings (SSSR count). The van der Waals surface area contributed by atoms with Crippen molar-refractivity contribution >= 4 is 61.4 Å². The van der Waals surface area contributed by atoms with E-state index in [1.807, 2.05) is 35.9 Å². The molecule has 0 bridgehead atoms. The second-order valence-corrected chi connectivity index (χ2v) is 9.32. The second-order valence-electron chi connectivity index (χ2n) is 6.86. The molecular formula is C22H17Cl2N3O3S. The van der Waals surface area contributed by atoms with Gasteiger partial charge in [0.1, 0.15) is 4.90 Å². The zero-order chi connectivity index (χ0) is 22.2. The first-order valence-electron chi connectivity index (χ1n) is 9.18. The SMILES string of the molecule is Cn1cc(C(=O)Nc2ccc(Cl)c(S(=O)(=O)Nc3ccccc3Cl)c2)c2ccccc21. The van der Waals surface area contributed by atoms with Crippen LogP contribution in [0.25, 0.3) is 10.9 Å². The lowest BCUT2D eigenvalue weighted by molar-refractivity contribution is 0.102. The summed E-state index contributed by atoms with van der Waals surface area (Å²) < 4.78 is 30.1. The van der Waals surface area contributed by atoms with Gasteiger partial charge in [-0.2, -0.15) is 0 Å². The zero-order valence-corrected chi connectivity index (χ0v) is 18.6. The summed E-state index contributed by atoms with van der Waals surface area (Å²) in [6.45, 7) is 0. The van der Waals surface area contributed by atoms with Crippen molar-refractivity contribution in [2.24, 2.45) is 7.05 Å². The maximum Gasteiger partial charge on any atom is 0.263 e. The third kappa shape index (κ3) is 4.25. The number of amides is 1. The standard InChI is InChI=1S/C22H17Cl2N3O3S/c1-27-13-16(15-6-2-5-9-20(15)27)22(28)25-14-10-11-18(24)21(12-14)31(29,30)26-19-8-4-3-7-17(19)23/h2-13,26H,1H3,(H,25,28). The Morgan fingerprint density at radius 3 is 2.42 bits per heavy atom. The van der Waals surface area contributed by atoms with Crippen molar-refractivity contribution in [2.75, 3.05) is 10.0 Å². The van der Waals surface area contributed by atoms with E-state index < -0.39 is 10.0 Å². The van der Waals surface area contributed by atoms with Crippen molar-refractivity contribution in [3.05, 3.63) is 88.5 Å². The molecule has 1 heterocycles. The molecule has 0 aliphatic rings. The van der Waals surface area contributed by atoms with Crippen LogP contribution in [0.4, 0.5) is 11.4 Å². The lowest BCUT2D eigenvalue weighted by Gasteiger charge is -2.12. The Balaban J connectivity index is 1.65. The molecule has 31 heavy (non-hydrogen) atoms. The van der Waals surface area contributed by atoms with E-state index in [0.717, 1.165) is 10.9 Å². The number of carbonyl (C=O) groups is 1. The highest BCUT2D eigenvalue weighted by Gasteiger charge is 2.21. The summed E-state index contributed by atoms with van der Waals surface area (Å²) in [4.78, 5) is 12.7. The Bertz CT molecular complexity index is 1410. The van der Waals surface area contributed by atoms with Gasteiger partial charge in [-0.15, -0.1) is 0 Å². The van der Waals surface area contributed by atoms with E-state index in [2.05, 4.69) is 10.0 Å². The van der Waals surface area contributed by atoms with Crippen molar-refractivity contribution in [2.45, 2.75) is 4.90 Å². The molecule has 158 valence electrons. The average Bonchev–Trinajstić information content (AvgIpc) is 3.08. The number of nitrogens with zero attached hydrogens (tertiary/aromatic N) is 1. The van der Waals surface area contributed by atoms with Gasteiger partial charge < -0.3 is 9.88 Å². The number of aromatic nitrogens is 1. The maximum atomic E-state index is 12.9. The minimum Gasteiger partial charge on any atom is -0.350 e. The minimum atomic E-state index is -4.04. The monoisotopic (exact) mass is 473 g/mol. The van der Waals surface area contributed by atoms with Crippen LogP contribution in [0.3, 0.4) is 0 Å². The van der Waals surface area contributed by atoms with E-state index in [-0.39, 0.29) is 26.5 Å². The Morgan fingerprint density at radius 1 is 0.935 bits per heavy atom. The van der Waals surface area contributed by atoms with Gasteiger partial charge in [0.2, 0.25) is 0 Å². The number of carbonyl (C=O) groups excluding carboxylic acids is 1. The first-order chi connectivity index (χ1) is 14.8. The van der Waals surface area contributed by atoms with Crippen molar-refractivity contribution in [3.63, 3.8) is 0 Å². The molecule has 0 fully saturated rings. The summed E-state index contributed by atoms with van der Waals surface area (Å²) in [7, 11) is -2.19. The Morgan fingerprint density at radius 2 is 1.65 bits per heavy atom. The van der Waals surface area contributed by atoms with Crippen LogP contribution in [-0.2, 0) is 17.1 Å². The maximum absolute atomic E-state index is 12.9. The molecule has 0 spiro atoms. The molecule has 0 saturated heterocycles. The van der Waals surface area contributed by atoms with E-state index in [1.54, 1.807) is 36.5 Å². The first kappa shape index (κ1) is 21.2. The number of rotatable bonds is 5. The number of aryl methyl sites for hydroxylation is 1. The van der Waals surface area contributed by atoms with E-state index in [9.17, 15) is 13.2 Å². The molecule has 4 aromatic rings. The number of halogens is 2. The van der Waals surface area contributed by atoms with Gasteiger partial charge in [-0.05, 0) is 36.4 Å². The quantitative estimate of drug-likeness (QED) is 0.399. The number of anilines is 2. The third-order valence-electron chi connectivity index (χ3n) is 4.74. The summed E-state index contributed by atoms with van der Waals surface area (Å²) in [5.74, 6) is -0.360. The number of hydrogen-bond acceptors (Lipinski definition) is 3. The fraction of sp³-hybridized carbons (Fsp3) is 0.0455. The molecule has 1 aromatic heterocycles. The Kier molecular flexibility index (Phi) is 5.66. The molecular weight excluding hydrogens is 457 g/mol. The second kappa shape index (κ2) is 8.26. The van der Waals surface area contributed by atoms with Gasteiger partial charge in [0.25, 0.3) is 15.9 Å². The number of fused-ring (bicyclic) bond motifs is 1.